The molecular weight excluding hydrogens is 374 g/mol. The average molecular weight is 394 g/mol. The van der Waals surface area contributed by atoms with E-state index in [2.05, 4.69) is 0 Å². The molecule has 2 amide bonds. The minimum atomic E-state index is -1.12. The molecule has 0 saturated carbocycles. The minimum Gasteiger partial charge on any atom is -0.368 e. The molecule has 0 heterocycles. The predicted molar refractivity (Wildman–Crippen MR) is 106 cm³/mol. The Balaban J connectivity index is 2.14. The van der Waals surface area contributed by atoms with E-state index >= 15 is 0 Å². The molecule has 29 heavy (non-hydrogen) atoms. The summed E-state index contributed by atoms with van der Waals surface area (Å²) in [7, 11) is 0. The van der Waals surface area contributed by atoms with Crippen LogP contribution in [-0.4, -0.2) is 16.7 Å². The molecule has 0 aromatic heterocycles. The van der Waals surface area contributed by atoms with Gasteiger partial charge in [0.15, 0.2) is 0 Å². The second-order valence-corrected chi connectivity index (χ2v) is 6.67. The van der Waals surface area contributed by atoms with Gasteiger partial charge in [-0.1, -0.05) is 48.5 Å². The van der Waals surface area contributed by atoms with Crippen molar-refractivity contribution in [2.75, 3.05) is 0 Å². The Kier molecular flexibility index (Phi) is 6.02. The number of benzene rings is 3. The fraction of sp³-hybridized carbons (Fsp3) is 0.130. The van der Waals surface area contributed by atoms with Gasteiger partial charge in [0.2, 0.25) is 5.91 Å². The molecule has 4 nitrogen and oxygen atoms in total. The number of primary amides is 1. The van der Waals surface area contributed by atoms with Gasteiger partial charge in [-0.25, -0.2) is 8.78 Å². The molecule has 0 aliphatic rings. The first-order valence-corrected chi connectivity index (χ1v) is 9.06. The number of carbonyl (C=O) groups is 2. The van der Waals surface area contributed by atoms with Gasteiger partial charge in [0.05, 0.1) is 6.04 Å². The Labute approximate surface area is 167 Å². The molecule has 0 saturated heterocycles. The predicted octanol–water partition coefficient (Wildman–Crippen LogP) is 4.39. The second kappa shape index (κ2) is 8.65. The number of amides is 2. The quantitative estimate of drug-likeness (QED) is 0.674. The first-order chi connectivity index (χ1) is 13.9. The van der Waals surface area contributed by atoms with Crippen LogP contribution in [0.4, 0.5) is 8.78 Å². The zero-order chi connectivity index (χ0) is 21.0. The van der Waals surface area contributed by atoms with Crippen molar-refractivity contribution >= 4 is 11.8 Å². The number of carbonyl (C=O) groups excluding carboxylic acids is 2. The van der Waals surface area contributed by atoms with Crippen molar-refractivity contribution < 1.29 is 18.4 Å². The van der Waals surface area contributed by atoms with Gasteiger partial charge in [-0.2, -0.15) is 0 Å². The first kappa shape index (κ1) is 20.2. The summed E-state index contributed by atoms with van der Waals surface area (Å²) in [5.41, 5.74) is 6.74. The molecular formula is C23H20F2N2O2. The van der Waals surface area contributed by atoms with Crippen LogP contribution in [0.3, 0.4) is 0 Å². The summed E-state index contributed by atoms with van der Waals surface area (Å²) in [6, 6.07) is 17.7. The van der Waals surface area contributed by atoms with Crippen LogP contribution in [0.2, 0.25) is 0 Å². The zero-order valence-electron chi connectivity index (χ0n) is 15.8. The Hall–Kier alpha value is -3.54. The lowest BCUT2D eigenvalue weighted by atomic mass is 9.98. The smallest absolute Gasteiger partial charge is 0.255 e. The fourth-order valence-corrected chi connectivity index (χ4v) is 3.31. The van der Waals surface area contributed by atoms with Gasteiger partial charge < -0.3 is 10.6 Å². The van der Waals surface area contributed by atoms with Gasteiger partial charge in [0.1, 0.15) is 17.7 Å². The second-order valence-electron chi connectivity index (χ2n) is 6.67. The molecule has 0 aliphatic heterocycles. The fourth-order valence-electron chi connectivity index (χ4n) is 3.31. The van der Waals surface area contributed by atoms with Crippen LogP contribution in [0.25, 0.3) is 0 Å². The minimum absolute atomic E-state index is 0.0652. The summed E-state index contributed by atoms with van der Waals surface area (Å²) in [5, 5.41) is 0. The van der Waals surface area contributed by atoms with Crippen molar-refractivity contribution in [2.24, 2.45) is 5.73 Å². The lowest BCUT2D eigenvalue weighted by molar-refractivity contribution is -0.123. The van der Waals surface area contributed by atoms with Crippen molar-refractivity contribution in [1.82, 2.24) is 4.90 Å². The summed E-state index contributed by atoms with van der Waals surface area (Å²) in [5.74, 6) is -2.38. The monoisotopic (exact) mass is 394 g/mol. The number of rotatable bonds is 6. The molecule has 0 bridgehead atoms. The Bertz CT molecular complexity index is 1020. The van der Waals surface area contributed by atoms with Crippen molar-refractivity contribution in [3.63, 3.8) is 0 Å². The summed E-state index contributed by atoms with van der Waals surface area (Å²) in [6.07, 6.45) is 0. The Morgan fingerprint density at radius 2 is 1.41 bits per heavy atom. The molecule has 2 atom stereocenters. The maximum Gasteiger partial charge on any atom is 0.255 e. The summed E-state index contributed by atoms with van der Waals surface area (Å²) < 4.78 is 27.5. The molecule has 0 aliphatic carbocycles. The van der Waals surface area contributed by atoms with Crippen LogP contribution in [0, 0.1) is 11.6 Å². The molecule has 0 spiro atoms. The van der Waals surface area contributed by atoms with Gasteiger partial charge in [-0.15, -0.1) is 0 Å². The highest BCUT2D eigenvalue weighted by molar-refractivity contribution is 5.98. The van der Waals surface area contributed by atoms with Gasteiger partial charge >= 0.3 is 0 Å². The Morgan fingerprint density at radius 3 is 2.00 bits per heavy atom. The van der Waals surface area contributed by atoms with E-state index in [0.717, 1.165) is 6.07 Å². The first-order valence-electron chi connectivity index (χ1n) is 9.06. The maximum atomic E-state index is 13.8. The lowest BCUT2D eigenvalue weighted by Crippen LogP contribution is -2.43. The van der Waals surface area contributed by atoms with E-state index in [1.807, 2.05) is 0 Å². The molecule has 3 aromatic rings. The van der Waals surface area contributed by atoms with Gasteiger partial charge in [0, 0.05) is 5.56 Å². The lowest BCUT2D eigenvalue weighted by Gasteiger charge is -2.35. The third-order valence-electron chi connectivity index (χ3n) is 4.72. The largest absolute Gasteiger partial charge is 0.368 e. The topological polar surface area (TPSA) is 63.4 Å². The highest BCUT2D eigenvalue weighted by atomic mass is 19.1. The molecule has 0 fully saturated rings. The van der Waals surface area contributed by atoms with E-state index in [4.69, 9.17) is 5.73 Å². The van der Waals surface area contributed by atoms with E-state index in [1.54, 1.807) is 43.3 Å². The van der Waals surface area contributed by atoms with Crippen molar-refractivity contribution in [3.05, 3.63) is 107 Å². The van der Waals surface area contributed by atoms with Crippen LogP contribution in [-0.2, 0) is 4.79 Å². The van der Waals surface area contributed by atoms with Crippen LogP contribution in [0.15, 0.2) is 78.9 Å². The number of halogens is 2. The highest BCUT2D eigenvalue weighted by Gasteiger charge is 2.34. The van der Waals surface area contributed by atoms with Gasteiger partial charge in [-0.3, -0.25) is 9.59 Å². The van der Waals surface area contributed by atoms with E-state index in [9.17, 15) is 18.4 Å². The van der Waals surface area contributed by atoms with Crippen molar-refractivity contribution in [2.45, 2.75) is 19.0 Å². The molecule has 6 heteroatoms. The van der Waals surface area contributed by atoms with Crippen LogP contribution >= 0.6 is 0 Å². The van der Waals surface area contributed by atoms with E-state index in [-0.39, 0.29) is 5.56 Å². The van der Waals surface area contributed by atoms with Crippen LogP contribution < -0.4 is 5.73 Å². The average Bonchev–Trinajstić information content (AvgIpc) is 2.71. The highest BCUT2D eigenvalue weighted by Crippen LogP contribution is 2.32. The zero-order valence-corrected chi connectivity index (χ0v) is 15.8. The number of nitrogens with zero attached hydrogens (tertiary/aromatic N) is 1. The van der Waals surface area contributed by atoms with Crippen LogP contribution in [0.1, 0.15) is 40.5 Å². The number of nitrogens with two attached hydrogens (primary N) is 1. The van der Waals surface area contributed by atoms with Crippen LogP contribution in [0.5, 0.6) is 0 Å². The molecule has 2 N–H and O–H groups in total. The molecule has 0 radical (unpaired) electrons. The number of hydrogen-bond donors (Lipinski definition) is 1. The van der Waals surface area contributed by atoms with E-state index < -0.39 is 35.5 Å². The maximum absolute atomic E-state index is 13.8. The summed E-state index contributed by atoms with van der Waals surface area (Å²) in [4.78, 5) is 27.1. The van der Waals surface area contributed by atoms with E-state index in [0.29, 0.717) is 11.1 Å². The standard InChI is InChI=1S/C23H20F2N2O2/c1-15(17-9-5-11-19(24)13-17)27(23(29)18-10-6-12-20(25)14-18)21(22(26)28)16-7-3-2-4-8-16/h2-15,21H,1H3,(H2,26,28)/t15-,21-/m1/s1. The van der Waals surface area contributed by atoms with Crippen molar-refractivity contribution in [1.29, 1.82) is 0 Å². The molecule has 148 valence electrons. The summed E-state index contributed by atoms with van der Waals surface area (Å²) >= 11 is 0. The third-order valence-corrected chi connectivity index (χ3v) is 4.72. The molecule has 3 rings (SSSR count). The van der Waals surface area contributed by atoms with Gasteiger partial charge in [-0.05, 0) is 48.4 Å². The van der Waals surface area contributed by atoms with Gasteiger partial charge in [0.25, 0.3) is 5.91 Å². The third kappa shape index (κ3) is 4.48. The normalized spacial score (nSPS) is 12.8. The van der Waals surface area contributed by atoms with Crippen molar-refractivity contribution in [3.8, 4) is 0 Å². The molecule has 3 aromatic carbocycles. The van der Waals surface area contributed by atoms with E-state index in [1.165, 1.54) is 41.3 Å². The summed E-state index contributed by atoms with van der Waals surface area (Å²) in [6.45, 7) is 1.67. The number of hydrogen-bond acceptors (Lipinski definition) is 2. The Morgan fingerprint density at radius 1 is 0.828 bits per heavy atom. The SMILES string of the molecule is C[C@H](c1cccc(F)c1)N(C(=O)c1cccc(F)c1)[C@@H](C(N)=O)c1ccccc1. The molecule has 0 unspecified atom stereocenters.